The summed E-state index contributed by atoms with van der Waals surface area (Å²) in [7, 11) is 3.47. The SMILES string of the molecule is Cc1ccc(OCNC(=O)NN(C)C)cc1. The van der Waals surface area contributed by atoms with Crippen molar-refractivity contribution in [3.8, 4) is 5.75 Å². The van der Waals surface area contributed by atoms with E-state index in [4.69, 9.17) is 4.74 Å². The van der Waals surface area contributed by atoms with E-state index in [0.717, 1.165) is 5.75 Å². The molecule has 1 aromatic rings. The number of hydrazine groups is 1. The van der Waals surface area contributed by atoms with Gasteiger partial charge in [-0.05, 0) is 19.1 Å². The molecule has 88 valence electrons. The number of carbonyl (C=O) groups excluding carboxylic acids is 1. The van der Waals surface area contributed by atoms with Gasteiger partial charge in [-0.2, -0.15) is 0 Å². The molecule has 0 saturated heterocycles. The summed E-state index contributed by atoms with van der Waals surface area (Å²) in [5.41, 5.74) is 3.71. The third kappa shape index (κ3) is 4.65. The summed E-state index contributed by atoms with van der Waals surface area (Å²) >= 11 is 0. The summed E-state index contributed by atoms with van der Waals surface area (Å²) in [5.74, 6) is 0.732. The van der Waals surface area contributed by atoms with Gasteiger partial charge in [0.05, 0.1) is 0 Å². The second-order valence-electron chi connectivity index (χ2n) is 3.61. The highest BCUT2D eigenvalue weighted by molar-refractivity contribution is 5.73. The molecule has 0 fully saturated rings. The number of benzene rings is 1. The topological polar surface area (TPSA) is 53.6 Å². The molecule has 5 heteroatoms. The zero-order valence-corrected chi connectivity index (χ0v) is 9.78. The molecule has 0 atom stereocenters. The molecule has 1 aromatic carbocycles. The van der Waals surface area contributed by atoms with Crippen LogP contribution in [0.15, 0.2) is 24.3 Å². The lowest BCUT2D eigenvalue weighted by atomic mass is 10.2. The average molecular weight is 223 g/mol. The van der Waals surface area contributed by atoms with Crippen LogP contribution < -0.4 is 15.5 Å². The van der Waals surface area contributed by atoms with E-state index in [2.05, 4.69) is 10.7 Å². The molecule has 1 rings (SSSR count). The first-order valence-electron chi connectivity index (χ1n) is 4.99. The van der Waals surface area contributed by atoms with E-state index in [-0.39, 0.29) is 12.8 Å². The first-order chi connectivity index (χ1) is 7.58. The van der Waals surface area contributed by atoms with Crippen molar-refractivity contribution >= 4 is 6.03 Å². The number of aryl methyl sites for hydroxylation is 1. The predicted octanol–water partition coefficient (Wildman–Crippen LogP) is 1.11. The van der Waals surface area contributed by atoms with Crippen LogP contribution in [0.5, 0.6) is 5.75 Å². The quantitative estimate of drug-likeness (QED) is 0.594. The first-order valence-corrected chi connectivity index (χ1v) is 4.99. The van der Waals surface area contributed by atoms with E-state index in [1.54, 1.807) is 19.1 Å². The number of amides is 2. The number of hydrogen-bond acceptors (Lipinski definition) is 3. The van der Waals surface area contributed by atoms with Crippen molar-refractivity contribution in [2.75, 3.05) is 20.8 Å². The van der Waals surface area contributed by atoms with Crippen molar-refractivity contribution in [1.29, 1.82) is 0 Å². The zero-order valence-electron chi connectivity index (χ0n) is 9.78. The number of ether oxygens (including phenoxy) is 1. The molecule has 0 saturated carbocycles. The van der Waals surface area contributed by atoms with Crippen molar-refractivity contribution < 1.29 is 9.53 Å². The molecule has 2 N–H and O–H groups in total. The standard InChI is InChI=1S/C11H17N3O2/c1-9-4-6-10(7-5-9)16-8-12-11(15)13-14(2)3/h4-7H,8H2,1-3H3,(H2,12,13,15). The van der Waals surface area contributed by atoms with Crippen molar-refractivity contribution in [3.63, 3.8) is 0 Å². The third-order valence-corrected chi connectivity index (χ3v) is 1.82. The Bertz CT molecular complexity index is 336. The van der Waals surface area contributed by atoms with Gasteiger partial charge >= 0.3 is 6.03 Å². The lowest BCUT2D eigenvalue weighted by Gasteiger charge is -2.13. The molecular formula is C11H17N3O2. The Balaban J connectivity index is 2.25. The van der Waals surface area contributed by atoms with E-state index in [1.807, 2.05) is 31.2 Å². The fourth-order valence-electron chi connectivity index (χ4n) is 1.06. The van der Waals surface area contributed by atoms with Crippen molar-refractivity contribution in [1.82, 2.24) is 15.8 Å². The van der Waals surface area contributed by atoms with Gasteiger partial charge < -0.3 is 10.1 Å². The Morgan fingerprint density at radius 1 is 1.31 bits per heavy atom. The Morgan fingerprint density at radius 3 is 2.50 bits per heavy atom. The molecule has 0 bridgehead atoms. The highest BCUT2D eigenvalue weighted by Gasteiger charge is 1.99. The van der Waals surface area contributed by atoms with Gasteiger partial charge in [-0.15, -0.1) is 0 Å². The molecule has 0 spiro atoms. The molecule has 0 aliphatic heterocycles. The molecule has 5 nitrogen and oxygen atoms in total. The summed E-state index contributed by atoms with van der Waals surface area (Å²) in [6.45, 7) is 2.15. The molecule has 16 heavy (non-hydrogen) atoms. The molecule has 0 aliphatic rings. The summed E-state index contributed by atoms with van der Waals surface area (Å²) < 4.78 is 5.32. The van der Waals surface area contributed by atoms with Crippen LogP contribution in [0.3, 0.4) is 0 Å². The first kappa shape index (κ1) is 12.3. The largest absolute Gasteiger partial charge is 0.473 e. The number of carbonyl (C=O) groups is 1. The smallest absolute Gasteiger partial charge is 0.331 e. The number of nitrogens with zero attached hydrogens (tertiary/aromatic N) is 1. The van der Waals surface area contributed by atoms with Gasteiger partial charge in [0.15, 0.2) is 6.73 Å². The zero-order chi connectivity index (χ0) is 12.0. The number of urea groups is 1. The van der Waals surface area contributed by atoms with Gasteiger partial charge in [0.2, 0.25) is 0 Å². The van der Waals surface area contributed by atoms with Crippen LogP contribution in [0.1, 0.15) is 5.56 Å². The predicted molar refractivity (Wildman–Crippen MR) is 62.0 cm³/mol. The molecule has 0 aromatic heterocycles. The molecule has 0 aliphatic carbocycles. The van der Waals surface area contributed by atoms with Gasteiger partial charge in [0, 0.05) is 14.1 Å². The van der Waals surface area contributed by atoms with E-state index in [1.165, 1.54) is 5.56 Å². The van der Waals surface area contributed by atoms with E-state index in [9.17, 15) is 4.79 Å². The second kappa shape index (κ2) is 5.97. The maximum atomic E-state index is 11.2. The van der Waals surface area contributed by atoms with Crippen molar-refractivity contribution in [2.24, 2.45) is 0 Å². The minimum atomic E-state index is -0.294. The van der Waals surface area contributed by atoms with Crippen LogP contribution in [0, 0.1) is 6.92 Å². The minimum absolute atomic E-state index is 0.142. The average Bonchev–Trinajstić information content (AvgIpc) is 2.20. The Morgan fingerprint density at radius 2 is 1.94 bits per heavy atom. The summed E-state index contributed by atoms with van der Waals surface area (Å²) in [6.07, 6.45) is 0. The molecule has 0 heterocycles. The lowest BCUT2D eigenvalue weighted by molar-refractivity contribution is 0.199. The van der Waals surface area contributed by atoms with Gasteiger partial charge in [-0.1, -0.05) is 17.7 Å². The molecule has 0 unspecified atom stereocenters. The van der Waals surface area contributed by atoms with Gasteiger partial charge in [0.25, 0.3) is 0 Å². The maximum Gasteiger partial charge on any atom is 0.331 e. The number of rotatable bonds is 4. The van der Waals surface area contributed by atoms with Crippen molar-refractivity contribution in [2.45, 2.75) is 6.92 Å². The van der Waals surface area contributed by atoms with Crippen LogP contribution in [-0.4, -0.2) is 31.9 Å². The number of hydrogen-bond donors (Lipinski definition) is 2. The highest BCUT2D eigenvalue weighted by Crippen LogP contribution is 2.10. The van der Waals surface area contributed by atoms with Crippen LogP contribution >= 0.6 is 0 Å². The minimum Gasteiger partial charge on any atom is -0.473 e. The van der Waals surface area contributed by atoms with Crippen LogP contribution in [-0.2, 0) is 0 Å². The third-order valence-electron chi connectivity index (χ3n) is 1.82. The molecule has 2 amide bonds. The summed E-state index contributed by atoms with van der Waals surface area (Å²) in [5, 5.41) is 4.12. The van der Waals surface area contributed by atoms with Gasteiger partial charge in [-0.3, -0.25) is 5.43 Å². The normalized spacial score (nSPS) is 10.0. The van der Waals surface area contributed by atoms with E-state index in [0.29, 0.717) is 0 Å². The molecule has 0 radical (unpaired) electrons. The van der Waals surface area contributed by atoms with Crippen molar-refractivity contribution in [3.05, 3.63) is 29.8 Å². The monoisotopic (exact) mass is 223 g/mol. The Labute approximate surface area is 95.4 Å². The summed E-state index contributed by atoms with van der Waals surface area (Å²) in [6, 6.07) is 7.34. The van der Waals surface area contributed by atoms with Crippen LogP contribution in [0.25, 0.3) is 0 Å². The van der Waals surface area contributed by atoms with Crippen LogP contribution in [0.2, 0.25) is 0 Å². The van der Waals surface area contributed by atoms with Crippen LogP contribution in [0.4, 0.5) is 4.79 Å². The van der Waals surface area contributed by atoms with E-state index < -0.39 is 0 Å². The van der Waals surface area contributed by atoms with E-state index >= 15 is 0 Å². The lowest BCUT2D eigenvalue weighted by Crippen LogP contribution is -2.44. The highest BCUT2D eigenvalue weighted by atomic mass is 16.5. The second-order valence-corrected chi connectivity index (χ2v) is 3.61. The maximum absolute atomic E-state index is 11.2. The molecular weight excluding hydrogens is 206 g/mol. The van der Waals surface area contributed by atoms with Gasteiger partial charge in [-0.25, -0.2) is 9.80 Å². The fourth-order valence-corrected chi connectivity index (χ4v) is 1.06. The Kier molecular flexibility index (Phi) is 4.60. The summed E-state index contributed by atoms with van der Waals surface area (Å²) in [4.78, 5) is 11.2. The fraction of sp³-hybridized carbons (Fsp3) is 0.364. The van der Waals surface area contributed by atoms with Gasteiger partial charge in [0.1, 0.15) is 5.75 Å². The Hall–Kier alpha value is -1.75. The number of nitrogens with one attached hydrogen (secondary N) is 2.